The molecule has 1 rings (SSSR count). The van der Waals surface area contributed by atoms with E-state index in [1.807, 2.05) is 0 Å². The van der Waals surface area contributed by atoms with Crippen LogP contribution in [0.3, 0.4) is 0 Å². The van der Waals surface area contributed by atoms with Crippen LogP contribution in [0, 0.1) is 10.6 Å². The topological polar surface area (TPSA) is 146 Å². The predicted molar refractivity (Wildman–Crippen MR) is 74.0 cm³/mol. The average Bonchev–Trinajstić information content (AvgIpc) is 2.25. The molecule has 0 aromatic heterocycles. The smallest absolute Gasteiger partial charge is 0.295 e. The third-order valence-electron chi connectivity index (χ3n) is 2.65. The lowest BCUT2D eigenvalue weighted by Crippen LogP contribution is -2.69. The zero-order valence-electron chi connectivity index (χ0n) is 11.5. The second kappa shape index (κ2) is 5.37. The van der Waals surface area contributed by atoms with Crippen molar-refractivity contribution in [3.8, 4) is 0 Å². The maximum atomic E-state index is 11.4. The lowest BCUT2D eigenvalue weighted by Gasteiger charge is -2.18. The fourth-order valence-corrected chi connectivity index (χ4v) is 3.00. The Morgan fingerprint density at radius 1 is 1.10 bits per heavy atom. The van der Waals surface area contributed by atoms with Crippen molar-refractivity contribution in [3.05, 3.63) is 29.0 Å². The Morgan fingerprint density at radius 2 is 1.62 bits per heavy atom. The van der Waals surface area contributed by atoms with E-state index in [4.69, 9.17) is 4.55 Å². The number of hydrogen-bond acceptors (Lipinski definition) is 5. The molecule has 3 N–H and O–H groups in total. The van der Waals surface area contributed by atoms with Gasteiger partial charge in [-0.2, -0.15) is 16.8 Å². The highest BCUT2D eigenvalue weighted by Crippen LogP contribution is 2.26. The molecule has 1 aromatic carbocycles. The van der Waals surface area contributed by atoms with E-state index in [9.17, 15) is 26.6 Å². The minimum absolute atomic E-state index is 0.0583. The Morgan fingerprint density at radius 3 is 1.95 bits per heavy atom. The second-order valence-corrected chi connectivity index (χ2v) is 8.15. The first kappa shape index (κ1) is 17.6. The highest BCUT2D eigenvalue weighted by molar-refractivity contribution is 7.86. The molecule has 0 spiro atoms. The van der Waals surface area contributed by atoms with E-state index < -0.39 is 35.4 Å². The van der Waals surface area contributed by atoms with Gasteiger partial charge in [-0.05, 0) is 18.2 Å². The van der Waals surface area contributed by atoms with E-state index in [0.717, 1.165) is 12.1 Å². The molecule has 0 aliphatic carbocycles. The molecule has 0 unspecified atom stereocenters. The summed E-state index contributed by atoms with van der Waals surface area (Å²) in [6.45, 7) is 4.87. The molecule has 0 aliphatic heterocycles. The van der Waals surface area contributed by atoms with E-state index in [2.05, 4.69) is 0 Å². The van der Waals surface area contributed by atoms with Crippen LogP contribution in [0.2, 0.25) is 0 Å². The number of rotatable bonds is 3. The standard InChI is InChI=1S/C11H15NO7S2/c1-11(2,3)10(12-13)8-5-4-7(20(14,15)16)6-9(8)21(17,18)19/h4-6,12H,1-3H3,(H2-,13,14,15,16,17,18,19). The summed E-state index contributed by atoms with van der Waals surface area (Å²) in [5, 5.41) is 12.7. The van der Waals surface area contributed by atoms with Gasteiger partial charge in [-0.25, -0.2) is 5.16 Å². The van der Waals surface area contributed by atoms with Gasteiger partial charge in [0.25, 0.3) is 20.2 Å². The van der Waals surface area contributed by atoms with Crippen molar-refractivity contribution in [2.24, 2.45) is 5.41 Å². The van der Waals surface area contributed by atoms with Crippen LogP contribution in [0.4, 0.5) is 0 Å². The van der Waals surface area contributed by atoms with Crippen LogP contribution in [-0.4, -0.2) is 31.7 Å². The van der Waals surface area contributed by atoms with Crippen LogP contribution >= 0.6 is 0 Å². The number of nitrogens with one attached hydrogen (secondary N) is 1. The average molecular weight is 337 g/mol. The first-order chi connectivity index (χ1) is 9.28. The third-order valence-corrected chi connectivity index (χ3v) is 4.39. The summed E-state index contributed by atoms with van der Waals surface area (Å²) < 4.78 is 63.1. The highest BCUT2D eigenvalue weighted by atomic mass is 32.2. The first-order valence-corrected chi connectivity index (χ1v) is 8.51. The van der Waals surface area contributed by atoms with Crippen LogP contribution in [0.5, 0.6) is 0 Å². The van der Waals surface area contributed by atoms with Crippen LogP contribution in [-0.2, 0) is 20.2 Å². The Bertz CT molecular complexity index is 786. The van der Waals surface area contributed by atoms with Gasteiger partial charge in [-0.1, -0.05) is 20.8 Å². The van der Waals surface area contributed by atoms with Crippen molar-refractivity contribution in [1.29, 1.82) is 0 Å². The first-order valence-electron chi connectivity index (χ1n) is 5.63. The molecule has 0 saturated carbocycles. The summed E-state index contributed by atoms with van der Waals surface area (Å²) >= 11 is 0. The lowest BCUT2D eigenvalue weighted by molar-refractivity contribution is -0.377. The molecule has 0 atom stereocenters. The predicted octanol–water partition coefficient (Wildman–Crippen LogP) is -0.406. The van der Waals surface area contributed by atoms with Crippen molar-refractivity contribution in [3.63, 3.8) is 0 Å². The molecule has 0 radical (unpaired) electrons. The van der Waals surface area contributed by atoms with Gasteiger partial charge in [-0.3, -0.25) is 9.11 Å². The van der Waals surface area contributed by atoms with E-state index >= 15 is 0 Å². The van der Waals surface area contributed by atoms with E-state index in [1.165, 1.54) is 0 Å². The molecule has 1 aromatic rings. The van der Waals surface area contributed by atoms with Crippen molar-refractivity contribution < 1.29 is 31.1 Å². The van der Waals surface area contributed by atoms with Crippen LogP contribution in [0.1, 0.15) is 26.3 Å². The van der Waals surface area contributed by atoms with Gasteiger partial charge in [-0.15, -0.1) is 0 Å². The zero-order chi connectivity index (χ0) is 16.6. The van der Waals surface area contributed by atoms with Gasteiger partial charge >= 0.3 is 0 Å². The minimum Gasteiger partial charge on any atom is -0.625 e. The molecule has 0 fully saturated rings. The third kappa shape index (κ3) is 4.00. The van der Waals surface area contributed by atoms with Gasteiger partial charge in [0.05, 0.1) is 10.5 Å². The maximum absolute atomic E-state index is 11.4. The molecular formula is C11H15NO7S2. The molecular weight excluding hydrogens is 322 g/mol. The summed E-state index contributed by atoms with van der Waals surface area (Å²) in [6, 6.07) is 2.54. The zero-order valence-corrected chi connectivity index (χ0v) is 13.1. The summed E-state index contributed by atoms with van der Waals surface area (Å²) in [6.07, 6.45) is 0. The Labute approximate surface area is 122 Å². The van der Waals surface area contributed by atoms with Crippen LogP contribution < -0.4 is 5.16 Å². The molecule has 0 heterocycles. The van der Waals surface area contributed by atoms with Crippen LogP contribution in [0.25, 0.3) is 0 Å². The fourth-order valence-electron chi connectivity index (χ4n) is 1.70. The molecule has 0 amide bonds. The minimum atomic E-state index is -4.81. The van der Waals surface area contributed by atoms with E-state index in [1.54, 1.807) is 25.9 Å². The van der Waals surface area contributed by atoms with Crippen molar-refractivity contribution in [2.45, 2.75) is 30.6 Å². The number of benzene rings is 1. The quantitative estimate of drug-likeness (QED) is 0.294. The second-order valence-electron chi connectivity index (χ2n) is 5.34. The molecule has 0 bridgehead atoms. The SMILES string of the molecule is CC(C)(C)C(=[NH+][O-])c1ccc(S(=O)(=O)O)cc1S(=O)(=O)O. The van der Waals surface area contributed by atoms with Crippen molar-refractivity contribution in [2.75, 3.05) is 0 Å². The van der Waals surface area contributed by atoms with Crippen LogP contribution in [0.15, 0.2) is 28.0 Å². The number of hydrogen-bond donors (Lipinski definition) is 3. The molecule has 118 valence electrons. The maximum Gasteiger partial charge on any atom is 0.295 e. The fraction of sp³-hybridized carbons (Fsp3) is 0.364. The van der Waals surface area contributed by atoms with Gasteiger partial charge in [0, 0.05) is 5.41 Å². The highest BCUT2D eigenvalue weighted by Gasteiger charge is 2.32. The Hall–Kier alpha value is -1.49. The molecule has 0 saturated heterocycles. The molecule has 10 heteroatoms. The van der Waals surface area contributed by atoms with Gasteiger partial charge in [0.2, 0.25) is 0 Å². The summed E-state index contributed by atoms with van der Waals surface area (Å²) in [5.74, 6) is 0. The molecule has 21 heavy (non-hydrogen) atoms. The largest absolute Gasteiger partial charge is 0.625 e. The Balaban J connectivity index is 3.78. The van der Waals surface area contributed by atoms with Crippen molar-refractivity contribution in [1.82, 2.24) is 0 Å². The van der Waals surface area contributed by atoms with Crippen molar-refractivity contribution >= 4 is 25.9 Å². The normalized spacial score (nSPS) is 14.2. The Kier molecular flexibility index (Phi) is 4.49. The van der Waals surface area contributed by atoms with E-state index in [-0.39, 0.29) is 11.3 Å². The summed E-state index contributed by atoms with van der Waals surface area (Å²) in [7, 11) is -9.46. The van der Waals surface area contributed by atoms with Gasteiger partial charge in [0.15, 0.2) is 5.71 Å². The lowest BCUT2D eigenvalue weighted by atomic mass is 9.85. The summed E-state index contributed by atoms with van der Waals surface area (Å²) in [5.41, 5.74) is -1.02. The summed E-state index contributed by atoms with van der Waals surface area (Å²) in [4.78, 5) is -1.50. The monoisotopic (exact) mass is 337 g/mol. The van der Waals surface area contributed by atoms with Gasteiger partial charge in [0.1, 0.15) is 4.90 Å². The molecule has 0 aliphatic rings. The van der Waals surface area contributed by atoms with E-state index in [0.29, 0.717) is 6.07 Å². The van der Waals surface area contributed by atoms with Gasteiger partial charge < -0.3 is 5.21 Å². The molecule has 8 nitrogen and oxygen atoms in total.